The molecule has 0 N–H and O–H groups in total. The van der Waals surface area contributed by atoms with Crippen LogP contribution in [0.5, 0.6) is 5.75 Å². The van der Waals surface area contributed by atoms with E-state index in [1.165, 1.54) is 0 Å². The Morgan fingerprint density at radius 2 is 1.88 bits per heavy atom. The molecule has 0 unspecified atom stereocenters. The first-order valence-corrected chi connectivity index (χ1v) is 5.79. The second-order valence-electron chi connectivity index (χ2n) is 4.77. The van der Waals surface area contributed by atoms with E-state index in [2.05, 4.69) is 6.07 Å². The first kappa shape index (κ1) is 13.5. The van der Waals surface area contributed by atoms with Crippen molar-refractivity contribution in [3.8, 4) is 11.8 Å². The molecule has 92 valence electrons. The van der Waals surface area contributed by atoms with Crippen LogP contribution in [0.15, 0.2) is 24.3 Å². The van der Waals surface area contributed by atoms with Crippen LogP contribution in [-0.2, 0) is 4.74 Å². The standard InChI is InChI=1S/C14H19NO2/c1-14(2,3)17-10-6-9-16-13-8-5-4-7-12(13)11-15/h4-5,7-8H,6,9-10H2,1-3H3. The van der Waals surface area contributed by atoms with Gasteiger partial charge in [-0.3, -0.25) is 0 Å². The van der Waals surface area contributed by atoms with Gasteiger partial charge in [0.1, 0.15) is 11.8 Å². The van der Waals surface area contributed by atoms with Crippen molar-refractivity contribution in [1.82, 2.24) is 0 Å². The largest absolute Gasteiger partial charge is 0.492 e. The molecule has 0 saturated heterocycles. The fourth-order valence-corrected chi connectivity index (χ4v) is 1.30. The molecular weight excluding hydrogens is 214 g/mol. The Bertz CT molecular complexity index is 388. The molecule has 1 rings (SSSR count). The molecule has 0 aliphatic heterocycles. The molecule has 0 aliphatic rings. The Morgan fingerprint density at radius 1 is 1.18 bits per heavy atom. The number of para-hydroxylation sites is 1. The molecule has 1 aromatic carbocycles. The number of nitriles is 1. The monoisotopic (exact) mass is 233 g/mol. The number of rotatable bonds is 5. The molecule has 0 amide bonds. The molecule has 0 saturated carbocycles. The highest BCUT2D eigenvalue weighted by Crippen LogP contribution is 2.16. The summed E-state index contributed by atoms with van der Waals surface area (Å²) < 4.78 is 11.1. The number of ether oxygens (including phenoxy) is 2. The minimum atomic E-state index is -0.107. The minimum absolute atomic E-state index is 0.107. The average molecular weight is 233 g/mol. The molecule has 0 fully saturated rings. The summed E-state index contributed by atoms with van der Waals surface area (Å²) in [4.78, 5) is 0. The molecule has 3 nitrogen and oxygen atoms in total. The zero-order valence-corrected chi connectivity index (χ0v) is 10.7. The maximum Gasteiger partial charge on any atom is 0.137 e. The van der Waals surface area contributed by atoms with Crippen LogP contribution in [-0.4, -0.2) is 18.8 Å². The summed E-state index contributed by atoms with van der Waals surface area (Å²) >= 11 is 0. The Labute approximate surface area is 103 Å². The maximum absolute atomic E-state index is 8.87. The second kappa shape index (κ2) is 6.27. The van der Waals surface area contributed by atoms with E-state index in [1.54, 1.807) is 6.07 Å². The molecule has 0 heterocycles. The van der Waals surface area contributed by atoms with Gasteiger partial charge in [0.25, 0.3) is 0 Å². The van der Waals surface area contributed by atoms with Crippen molar-refractivity contribution in [1.29, 1.82) is 5.26 Å². The topological polar surface area (TPSA) is 42.2 Å². The summed E-state index contributed by atoms with van der Waals surface area (Å²) in [6, 6.07) is 9.35. The Balaban J connectivity index is 2.30. The van der Waals surface area contributed by atoms with Crippen LogP contribution < -0.4 is 4.74 Å². The van der Waals surface area contributed by atoms with E-state index < -0.39 is 0 Å². The highest BCUT2D eigenvalue weighted by atomic mass is 16.5. The first-order chi connectivity index (χ1) is 8.03. The number of hydrogen-bond acceptors (Lipinski definition) is 3. The number of benzene rings is 1. The van der Waals surface area contributed by atoms with Gasteiger partial charge in [-0.15, -0.1) is 0 Å². The van der Waals surface area contributed by atoms with Crippen molar-refractivity contribution in [3.05, 3.63) is 29.8 Å². The lowest BCUT2D eigenvalue weighted by atomic mass is 10.2. The zero-order chi connectivity index (χ0) is 12.7. The summed E-state index contributed by atoms with van der Waals surface area (Å²) in [5.41, 5.74) is 0.467. The van der Waals surface area contributed by atoms with E-state index in [4.69, 9.17) is 14.7 Å². The predicted octanol–water partition coefficient (Wildman–Crippen LogP) is 3.14. The second-order valence-corrected chi connectivity index (χ2v) is 4.77. The fourth-order valence-electron chi connectivity index (χ4n) is 1.30. The maximum atomic E-state index is 8.87. The van der Waals surface area contributed by atoms with Gasteiger partial charge in [-0.1, -0.05) is 12.1 Å². The van der Waals surface area contributed by atoms with Crippen molar-refractivity contribution in [2.75, 3.05) is 13.2 Å². The van der Waals surface area contributed by atoms with E-state index in [9.17, 15) is 0 Å². The van der Waals surface area contributed by atoms with Crippen LogP contribution in [0.2, 0.25) is 0 Å². The molecule has 0 aliphatic carbocycles. The average Bonchev–Trinajstić information content (AvgIpc) is 2.27. The molecular formula is C14H19NO2. The van der Waals surface area contributed by atoms with E-state index in [0.29, 0.717) is 24.5 Å². The quantitative estimate of drug-likeness (QED) is 0.734. The summed E-state index contributed by atoms with van der Waals surface area (Å²) in [6.07, 6.45) is 0.817. The highest BCUT2D eigenvalue weighted by Gasteiger charge is 2.09. The van der Waals surface area contributed by atoms with Gasteiger partial charge < -0.3 is 9.47 Å². The normalized spacial score (nSPS) is 10.9. The van der Waals surface area contributed by atoms with E-state index in [-0.39, 0.29) is 5.60 Å². The van der Waals surface area contributed by atoms with Crippen LogP contribution in [0.1, 0.15) is 32.8 Å². The van der Waals surface area contributed by atoms with Gasteiger partial charge in [-0.25, -0.2) is 0 Å². The molecule has 1 aromatic rings. The lowest BCUT2D eigenvalue weighted by Gasteiger charge is -2.19. The van der Waals surface area contributed by atoms with E-state index in [0.717, 1.165) is 6.42 Å². The summed E-state index contributed by atoms with van der Waals surface area (Å²) in [7, 11) is 0. The third-order valence-electron chi connectivity index (χ3n) is 2.09. The van der Waals surface area contributed by atoms with Gasteiger partial charge in [0.15, 0.2) is 0 Å². The summed E-state index contributed by atoms with van der Waals surface area (Å²) in [5, 5.41) is 8.87. The lowest BCUT2D eigenvalue weighted by molar-refractivity contribution is -0.00769. The molecule has 0 atom stereocenters. The van der Waals surface area contributed by atoms with Crippen molar-refractivity contribution >= 4 is 0 Å². The smallest absolute Gasteiger partial charge is 0.137 e. The number of hydrogen-bond donors (Lipinski definition) is 0. The van der Waals surface area contributed by atoms with Gasteiger partial charge in [0.05, 0.1) is 24.4 Å². The van der Waals surface area contributed by atoms with Gasteiger partial charge >= 0.3 is 0 Å². The minimum Gasteiger partial charge on any atom is -0.492 e. The Kier molecular flexibility index (Phi) is 4.99. The van der Waals surface area contributed by atoms with Crippen molar-refractivity contribution in [3.63, 3.8) is 0 Å². The van der Waals surface area contributed by atoms with Gasteiger partial charge in [0, 0.05) is 6.42 Å². The van der Waals surface area contributed by atoms with Crippen LogP contribution in [0.3, 0.4) is 0 Å². The third kappa shape index (κ3) is 5.37. The van der Waals surface area contributed by atoms with Crippen LogP contribution in [0, 0.1) is 11.3 Å². The van der Waals surface area contributed by atoms with Crippen LogP contribution in [0.4, 0.5) is 0 Å². The van der Waals surface area contributed by atoms with Gasteiger partial charge in [0.2, 0.25) is 0 Å². The van der Waals surface area contributed by atoms with Crippen molar-refractivity contribution in [2.24, 2.45) is 0 Å². The molecule has 0 aromatic heterocycles. The Hall–Kier alpha value is -1.53. The molecule has 0 bridgehead atoms. The third-order valence-corrected chi connectivity index (χ3v) is 2.09. The summed E-state index contributed by atoms with van der Waals surface area (Å²) in [5.74, 6) is 0.644. The zero-order valence-electron chi connectivity index (χ0n) is 10.7. The fraction of sp³-hybridized carbons (Fsp3) is 0.500. The van der Waals surface area contributed by atoms with Gasteiger partial charge in [-0.05, 0) is 32.9 Å². The summed E-state index contributed by atoms with van der Waals surface area (Å²) in [6.45, 7) is 7.31. The molecule has 0 radical (unpaired) electrons. The van der Waals surface area contributed by atoms with Gasteiger partial charge in [-0.2, -0.15) is 5.26 Å². The first-order valence-electron chi connectivity index (χ1n) is 5.79. The highest BCUT2D eigenvalue weighted by molar-refractivity contribution is 5.42. The molecule has 3 heteroatoms. The predicted molar refractivity (Wildman–Crippen MR) is 67.0 cm³/mol. The van der Waals surface area contributed by atoms with E-state index >= 15 is 0 Å². The Morgan fingerprint density at radius 3 is 2.53 bits per heavy atom. The molecule has 17 heavy (non-hydrogen) atoms. The SMILES string of the molecule is CC(C)(C)OCCCOc1ccccc1C#N. The van der Waals surface area contributed by atoms with E-state index in [1.807, 2.05) is 39.0 Å². The van der Waals surface area contributed by atoms with Crippen LogP contribution in [0.25, 0.3) is 0 Å². The lowest BCUT2D eigenvalue weighted by Crippen LogP contribution is -2.20. The van der Waals surface area contributed by atoms with Crippen molar-refractivity contribution in [2.45, 2.75) is 32.8 Å². The number of nitrogens with zero attached hydrogens (tertiary/aromatic N) is 1. The van der Waals surface area contributed by atoms with Crippen LogP contribution >= 0.6 is 0 Å². The molecule has 0 spiro atoms. The van der Waals surface area contributed by atoms with Crippen molar-refractivity contribution < 1.29 is 9.47 Å².